The molecule has 4 rings (SSSR count). The van der Waals surface area contributed by atoms with Crippen molar-refractivity contribution in [2.45, 2.75) is 57.0 Å². The molecule has 0 atom stereocenters. The van der Waals surface area contributed by atoms with Crippen molar-refractivity contribution in [2.75, 3.05) is 57.9 Å². The van der Waals surface area contributed by atoms with Gasteiger partial charge >= 0.3 is 0 Å². The molecule has 31 heavy (non-hydrogen) atoms. The topological polar surface area (TPSA) is 65.0 Å². The molecule has 1 aromatic heterocycles. The first-order valence-corrected chi connectivity index (χ1v) is 11.7. The van der Waals surface area contributed by atoms with Gasteiger partial charge in [-0.15, -0.1) is 24.0 Å². The first kappa shape index (κ1) is 24.5. The molecule has 174 valence electrons. The van der Waals surface area contributed by atoms with E-state index in [0.717, 1.165) is 76.0 Å². The Balaban J connectivity index is 0.00000272. The van der Waals surface area contributed by atoms with Gasteiger partial charge in [0.15, 0.2) is 5.96 Å². The molecule has 0 amide bonds. The Kier molecular flexibility index (Phi) is 9.21. The Morgan fingerprint density at radius 2 is 1.87 bits per heavy atom. The maximum atomic E-state index is 5.68. The van der Waals surface area contributed by atoms with Crippen molar-refractivity contribution >= 4 is 35.8 Å². The fourth-order valence-corrected chi connectivity index (χ4v) is 5.14. The number of piperidine rings is 1. The molecule has 0 radical (unpaired) electrons. The van der Waals surface area contributed by atoms with E-state index >= 15 is 0 Å². The van der Waals surface area contributed by atoms with Gasteiger partial charge in [-0.1, -0.05) is 6.07 Å². The maximum absolute atomic E-state index is 5.68. The molecule has 3 saturated heterocycles. The Morgan fingerprint density at radius 3 is 2.52 bits per heavy atom. The molecule has 3 aliphatic heterocycles. The fraction of sp³-hybridized carbons (Fsp3) is 0.739. The number of ether oxygens (including phenoxy) is 1. The zero-order chi connectivity index (χ0) is 20.8. The molecule has 3 fully saturated rings. The summed E-state index contributed by atoms with van der Waals surface area (Å²) < 4.78 is 5.68. The number of aliphatic imine (C=N–C) groups is 1. The molecule has 0 bridgehead atoms. The molecular formula is C23H39IN6O. The van der Waals surface area contributed by atoms with Crippen molar-refractivity contribution in [2.24, 2.45) is 4.99 Å². The number of nitrogens with one attached hydrogen (secondary N) is 2. The second-order valence-electron chi connectivity index (χ2n) is 9.00. The number of aromatic nitrogens is 1. The van der Waals surface area contributed by atoms with Gasteiger partial charge in [0.1, 0.15) is 5.82 Å². The van der Waals surface area contributed by atoms with E-state index in [2.05, 4.69) is 55.5 Å². The van der Waals surface area contributed by atoms with Crippen LogP contribution < -0.4 is 15.5 Å². The molecule has 7 nitrogen and oxygen atoms in total. The highest BCUT2D eigenvalue weighted by Gasteiger charge is 2.39. The van der Waals surface area contributed by atoms with Crippen LogP contribution in [0.5, 0.6) is 0 Å². The summed E-state index contributed by atoms with van der Waals surface area (Å²) in [5.74, 6) is 2.04. The van der Waals surface area contributed by atoms with Crippen LogP contribution in [0.25, 0.3) is 0 Å². The second kappa shape index (κ2) is 11.7. The van der Waals surface area contributed by atoms with Gasteiger partial charge in [-0.2, -0.15) is 0 Å². The highest BCUT2D eigenvalue weighted by atomic mass is 127. The lowest BCUT2D eigenvalue weighted by molar-refractivity contribution is -0.0164. The van der Waals surface area contributed by atoms with Crippen molar-refractivity contribution in [3.8, 4) is 0 Å². The van der Waals surface area contributed by atoms with Crippen molar-refractivity contribution < 1.29 is 4.74 Å². The van der Waals surface area contributed by atoms with E-state index < -0.39 is 0 Å². The number of hydrogen-bond donors (Lipinski definition) is 2. The predicted molar refractivity (Wildman–Crippen MR) is 138 cm³/mol. The average molecular weight is 543 g/mol. The zero-order valence-electron chi connectivity index (χ0n) is 19.1. The minimum atomic E-state index is 0. The summed E-state index contributed by atoms with van der Waals surface area (Å²) in [4.78, 5) is 14.3. The highest BCUT2D eigenvalue weighted by Crippen LogP contribution is 2.30. The third-order valence-electron chi connectivity index (χ3n) is 7.04. The third-order valence-corrected chi connectivity index (χ3v) is 7.04. The molecule has 3 aliphatic rings. The first-order valence-electron chi connectivity index (χ1n) is 11.7. The van der Waals surface area contributed by atoms with Gasteiger partial charge in [-0.25, -0.2) is 4.98 Å². The standard InChI is InChI=1S/C23H38N6O.HI/c1-19-6-5-7-21(26-19)28-14-8-20(9-15-28)27-22(24-2)25-18-23(10-16-30-17-11-23)29-12-3-4-13-29;/h5-7,20H,3-4,8-18H2,1-2H3,(H2,24,25,27);1H. The Hall–Kier alpha value is -1.13. The van der Waals surface area contributed by atoms with E-state index in [-0.39, 0.29) is 29.5 Å². The summed E-state index contributed by atoms with van der Waals surface area (Å²) in [6, 6.07) is 6.73. The fourth-order valence-electron chi connectivity index (χ4n) is 5.14. The predicted octanol–water partition coefficient (Wildman–Crippen LogP) is 2.79. The normalized spacial score (nSPS) is 22.8. The number of likely N-dealkylation sites (tertiary alicyclic amines) is 1. The number of pyridine rings is 1. The summed E-state index contributed by atoms with van der Waals surface area (Å²) in [6.07, 6.45) is 7.06. The molecule has 0 aromatic carbocycles. The van der Waals surface area contributed by atoms with Gasteiger partial charge in [-0.3, -0.25) is 9.89 Å². The smallest absolute Gasteiger partial charge is 0.191 e. The maximum Gasteiger partial charge on any atom is 0.191 e. The SMILES string of the molecule is CN=C(NCC1(N2CCCC2)CCOCC1)NC1CCN(c2cccc(C)n2)CC1.I. The summed E-state index contributed by atoms with van der Waals surface area (Å²) in [5, 5.41) is 7.35. The Labute approximate surface area is 204 Å². The van der Waals surface area contributed by atoms with Crippen LogP contribution in [-0.4, -0.2) is 80.4 Å². The van der Waals surface area contributed by atoms with Crippen LogP contribution in [0.15, 0.2) is 23.2 Å². The van der Waals surface area contributed by atoms with Gasteiger partial charge in [0.2, 0.25) is 0 Å². The Bertz CT molecular complexity index is 710. The van der Waals surface area contributed by atoms with Crippen LogP contribution >= 0.6 is 24.0 Å². The lowest BCUT2D eigenvalue weighted by Crippen LogP contribution is -2.59. The van der Waals surface area contributed by atoms with Gasteiger partial charge in [0.25, 0.3) is 0 Å². The zero-order valence-corrected chi connectivity index (χ0v) is 21.4. The molecule has 0 saturated carbocycles. The summed E-state index contributed by atoms with van der Waals surface area (Å²) >= 11 is 0. The molecule has 0 aliphatic carbocycles. The molecule has 8 heteroatoms. The minimum Gasteiger partial charge on any atom is -0.381 e. The first-order chi connectivity index (χ1) is 14.7. The summed E-state index contributed by atoms with van der Waals surface area (Å²) in [5.41, 5.74) is 1.30. The minimum absolute atomic E-state index is 0. The molecule has 4 heterocycles. The van der Waals surface area contributed by atoms with Crippen LogP contribution in [0.1, 0.15) is 44.2 Å². The highest BCUT2D eigenvalue weighted by molar-refractivity contribution is 14.0. The van der Waals surface area contributed by atoms with Gasteiger partial charge < -0.3 is 20.3 Å². The number of halogens is 1. The molecule has 0 spiro atoms. The van der Waals surface area contributed by atoms with Crippen LogP contribution in [0.2, 0.25) is 0 Å². The van der Waals surface area contributed by atoms with Crippen LogP contribution in [-0.2, 0) is 4.74 Å². The monoisotopic (exact) mass is 542 g/mol. The van der Waals surface area contributed by atoms with Crippen LogP contribution in [0.4, 0.5) is 5.82 Å². The number of anilines is 1. The Morgan fingerprint density at radius 1 is 1.16 bits per heavy atom. The van der Waals surface area contributed by atoms with Crippen LogP contribution in [0, 0.1) is 6.92 Å². The van der Waals surface area contributed by atoms with Crippen molar-refractivity contribution in [3.63, 3.8) is 0 Å². The number of rotatable bonds is 5. The van der Waals surface area contributed by atoms with Crippen LogP contribution in [0.3, 0.4) is 0 Å². The lowest BCUT2D eigenvalue weighted by atomic mass is 9.88. The number of aryl methyl sites for hydroxylation is 1. The van der Waals surface area contributed by atoms with Crippen molar-refractivity contribution in [1.29, 1.82) is 0 Å². The van der Waals surface area contributed by atoms with E-state index in [1.165, 1.54) is 25.9 Å². The third kappa shape index (κ3) is 6.22. The lowest BCUT2D eigenvalue weighted by Gasteiger charge is -2.45. The average Bonchev–Trinajstić information content (AvgIpc) is 3.33. The summed E-state index contributed by atoms with van der Waals surface area (Å²) in [6.45, 7) is 9.24. The molecular weight excluding hydrogens is 503 g/mol. The number of nitrogens with zero attached hydrogens (tertiary/aromatic N) is 4. The van der Waals surface area contributed by atoms with Gasteiger partial charge in [0.05, 0.1) is 0 Å². The van der Waals surface area contributed by atoms with Crippen molar-refractivity contribution in [1.82, 2.24) is 20.5 Å². The van der Waals surface area contributed by atoms with E-state index in [1.807, 2.05) is 7.05 Å². The van der Waals surface area contributed by atoms with Crippen molar-refractivity contribution in [3.05, 3.63) is 23.9 Å². The molecule has 2 N–H and O–H groups in total. The molecule has 0 unspecified atom stereocenters. The van der Waals surface area contributed by atoms with Gasteiger partial charge in [-0.05, 0) is 70.7 Å². The number of guanidine groups is 1. The quantitative estimate of drug-likeness (QED) is 0.339. The van der Waals surface area contributed by atoms with E-state index in [1.54, 1.807) is 0 Å². The second-order valence-corrected chi connectivity index (χ2v) is 9.00. The van der Waals surface area contributed by atoms with Gasteiger partial charge in [0, 0.05) is 57.2 Å². The van der Waals surface area contributed by atoms with E-state index in [0.29, 0.717) is 6.04 Å². The number of hydrogen-bond acceptors (Lipinski definition) is 5. The van der Waals surface area contributed by atoms with E-state index in [9.17, 15) is 0 Å². The largest absolute Gasteiger partial charge is 0.381 e. The summed E-state index contributed by atoms with van der Waals surface area (Å²) in [7, 11) is 1.88. The molecule has 1 aromatic rings. The van der Waals surface area contributed by atoms with E-state index in [4.69, 9.17) is 4.74 Å².